The largest absolute Gasteiger partial charge is 0.369 e. The van der Waals surface area contributed by atoms with E-state index >= 15 is 0 Å². The van der Waals surface area contributed by atoms with Crippen molar-refractivity contribution in [2.75, 3.05) is 251 Å². The molecular weight excluding hydrogens is 1780 g/mol. The summed E-state index contributed by atoms with van der Waals surface area (Å²) in [5, 5.41) is 8.51. The summed E-state index contributed by atoms with van der Waals surface area (Å²) in [6, 6.07) is 57.5. The van der Waals surface area contributed by atoms with Crippen molar-refractivity contribution in [2.45, 2.75) is 190 Å². The molecule has 8 aliphatic heterocycles. The molecule has 750 valence electrons. The minimum absolute atomic E-state index is 0.111. The maximum Gasteiger partial charge on any atom is 0.320 e. The molecule has 8 heterocycles. The Bertz CT molecular complexity index is 4900. The van der Waals surface area contributed by atoms with Crippen molar-refractivity contribution in [1.82, 2.24) is 48.5 Å². The molecule has 9 aliphatic rings. The van der Waals surface area contributed by atoms with Crippen LogP contribution in [0.15, 0.2) is 158 Å². The Morgan fingerprint density at radius 1 is 0.353 bits per heavy atom. The second-order valence-electron chi connectivity index (χ2n) is 40.1. The van der Waals surface area contributed by atoms with Crippen LogP contribution in [-0.2, 0) is 25.0 Å². The predicted octanol–water partition coefficient (Wildman–Crippen LogP) is 18.8. The van der Waals surface area contributed by atoms with Crippen LogP contribution < -0.4 is 49.7 Å². The minimum atomic E-state index is -3.29. The third-order valence-electron chi connectivity index (χ3n) is 27.9. The summed E-state index contributed by atoms with van der Waals surface area (Å²) in [5.74, 6) is 4.58. The van der Waals surface area contributed by atoms with Crippen LogP contribution in [0.5, 0.6) is 0 Å². The van der Waals surface area contributed by atoms with E-state index in [1.807, 2.05) is 14.7 Å². The Hall–Kier alpha value is -8.57. The van der Waals surface area contributed by atoms with E-state index in [0.29, 0.717) is 85.5 Å². The van der Waals surface area contributed by atoms with E-state index in [-0.39, 0.29) is 12.1 Å². The molecule has 1 unspecified atom stereocenters. The molecule has 0 spiro atoms. The van der Waals surface area contributed by atoms with Crippen molar-refractivity contribution >= 4 is 101 Å². The molecular formula is C108H165Cl2N17O7S2. The first-order valence-electron chi connectivity index (χ1n) is 50.6. The van der Waals surface area contributed by atoms with Crippen LogP contribution in [0.3, 0.4) is 0 Å². The van der Waals surface area contributed by atoms with E-state index < -0.39 is 20.2 Å². The SMILES string of the molecule is CC(C)c1ccc(N2CCN(C(=O)C3CCCC3)CC2)cc1.CC(C)c1ccc(N2CCN(C(=O)N(C)C)CC2)cc1.CC(C)c1ccc(N2CCN(C(=O)N3CCCC3)CC2)cc1.CC(C)c1ccc(N2CCN(S(C)(=O)=O)CC2)cc1.CC(C)c1ccc(N2CCNCC2)c(Cl)c1.CC(C)c1ccc(N2CCNCC2C)c(Cl)c1.CNS(=O)(=O)N1CCN(c2ccc(C(C)C)cc2)CC1. The fourth-order valence-electron chi connectivity index (χ4n) is 18.6. The number of rotatable bonds is 18. The van der Waals surface area contributed by atoms with Gasteiger partial charge in [-0.05, 0) is 198 Å². The number of halogens is 2. The van der Waals surface area contributed by atoms with Gasteiger partial charge in [-0.1, -0.05) is 206 Å². The van der Waals surface area contributed by atoms with Gasteiger partial charge in [0.05, 0.1) is 27.7 Å². The molecule has 24 nitrogen and oxygen atoms in total. The first-order valence-corrected chi connectivity index (χ1v) is 54.6. The van der Waals surface area contributed by atoms with Gasteiger partial charge < -0.3 is 69.4 Å². The summed E-state index contributed by atoms with van der Waals surface area (Å²) in [6.07, 6.45) is 8.28. The van der Waals surface area contributed by atoms with Crippen LogP contribution in [0.25, 0.3) is 0 Å². The molecule has 1 aliphatic carbocycles. The highest BCUT2D eigenvalue weighted by Gasteiger charge is 2.33. The van der Waals surface area contributed by atoms with Crippen LogP contribution >= 0.6 is 23.2 Å². The molecule has 7 aromatic rings. The van der Waals surface area contributed by atoms with Gasteiger partial charge in [-0.25, -0.2) is 22.7 Å². The number of nitrogens with one attached hydrogen (secondary N) is 3. The number of carbonyl (C=O) groups is 3. The summed E-state index contributed by atoms with van der Waals surface area (Å²) >= 11 is 12.8. The van der Waals surface area contributed by atoms with Crippen LogP contribution in [0, 0.1) is 5.92 Å². The molecule has 0 bridgehead atoms. The van der Waals surface area contributed by atoms with E-state index in [4.69, 9.17) is 23.2 Å². The van der Waals surface area contributed by atoms with Crippen LogP contribution in [0.2, 0.25) is 10.0 Å². The molecule has 8 saturated heterocycles. The number of carbonyl (C=O) groups excluding carboxylic acids is 3. The highest BCUT2D eigenvalue weighted by Crippen LogP contribution is 2.35. The molecule has 16 rings (SSSR count). The fourth-order valence-corrected chi connectivity index (χ4v) is 21.0. The monoisotopic (exact) mass is 1950 g/mol. The summed E-state index contributed by atoms with van der Waals surface area (Å²) in [6.45, 7) is 57.9. The minimum Gasteiger partial charge on any atom is -0.369 e. The quantitative estimate of drug-likeness (QED) is 0.0732. The molecule has 1 atom stereocenters. The van der Waals surface area contributed by atoms with Gasteiger partial charge in [-0.3, -0.25) is 4.79 Å². The smallest absolute Gasteiger partial charge is 0.320 e. The van der Waals surface area contributed by atoms with E-state index in [0.717, 1.165) is 205 Å². The number of nitrogens with zero attached hydrogens (tertiary/aromatic N) is 14. The zero-order chi connectivity index (χ0) is 98.5. The fraction of sp³-hybridized carbons (Fsp3) is 0.583. The average Bonchev–Trinajstić information content (AvgIpc) is 0.816. The van der Waals surface area contributed by atoms with Gasteiger partial charge in [0, 0.05) is 251 Å². The van der Waals surface area contributed by atoms with Crippen molar-refractivity contribution < 1.29 is 31.2 Å². The Kier molecular flexibility index (Phi) is 42.8. The number of piperazine rings is 7. The number of hydrogen-bond acceptors (Lipinski definition) is 16. The molecule has 0 radical (unpaired) electrons. The van der Waals surface area contributed by atoms with E-state index in [1.54, 1.807) is 23.3 Å². The van der Waals surface area contributed by atoms with Gasteiger partial charge in [-0.15, -0.1) is 0 Å². The maximum absolute atomic E-state index is 12.5. The molecule has 0 aromatic heterocycles. The molecule has 1 saturated carbocycles. The standard InChI is InChI=1S/C19H28N2O.C18H27N3O.C16H25N3O.C14H21ClN2.C14H23N3O2S.C14H22N2O2S.C13H19ClN2/c1-15(2)16-7-9-18(10-8-16)20-11-13-21(14-12-20)19(22)17-5-3-4-6-17;1-15(2)16-5-7-17(8-6-16)19-11-13-21(14-12-19)18(22)20-9-3-4-10-20;1-13(2)14-5-7-15(8-6-14)18-9-11-19(12-10-18)16(20)17(3)4;1-10(2)12-4-5-14(13(15)8-12)17-7-6-16-9-11(17)3;1-12(2)13-4-6-14(7-5-13)16-8-10-17(11-9-16)20(18,19)15-3;1-12(2)13-4-6-14(7-5-13)15-8-10-16(11-9-15)19(3,17)18;1-10(2)11-3-4-13(12(14)9-11)16-7-5-15-6-8-16/h7-10,15,17H,3-6,11-14H2,1-2H3;5-8,15H,3-4,9-14H2,1-2H3;5-8,13H,9-12H2,1-4H3;4-5,8,10-11,16H,6-7,9H2,1-3H3;4-7,12,15H,8-11H2,1-3H3;4-7,12H,8-11H2,1-3H3;3-4,9-10,15H,5-8H2,1-2H3. The predicted molar refractivity (Wildman–Crippen MR) is 573 cm³/mol. The third kappa shape index (κ3) is 32.2. The van der Waals surface area contributed by atoms with Crippen molar-refractivity contribution in [3.63, 3.8) is 0 Å². The summed E-state index contributed by atoms with van der Waals surface area (Å²) in [7, 11) is -1.27. The average molecular weight is 1950 g/mol. The second kappa shape index (κ2) is 53.2. The molecule has 9 fully saturated rings. The highest BCUT2D eigenvalue weighted by molar-refractivity contribution is 7.88. The molecule has 5 amide bonds. The molecule has 7 aromatic carbocycles. The van der Waals surface area contributed by atoms with Crippen LogP contribution in [0.1, 0.15) is 223 Å². The topological polar surface area (TPSA) is 201 Å². The summed E-state index contributed by atoms with van der Waals surface area (Å²) in [5.41, 5.74) is 17.9. The number of anilines is 7. The third-order valence-corrected chi connectivity index (χ3v) is 31.3. The lowest BCUT2D eigenvalue weighted by Gasteiger charge is -2.37. The normalized spacial score (nSPS) is 18.4. The van der Waals surface area contributed by atoms with Crippen molar-refractivity contribution in [1.29, 1.82) is 0 Å². The first kappa shape index (κ1) is 109. The van der Waals surface area contributed by atoms with Gasteiger partial charge in [0.25, 0.3) is 10.2 Å². The highest BCUT2D eigenvalue weighted by atomic mass is 35.5. The van der Waals surface area contributed by atoms with Gasteiger partial charge in [0.15, 0.2) is 0 Å². The Morgan fingerprint density at radius 2 is 0.654 bits per heavy atom. The van der Waals surface area contributed by atoms with Crippen molar-refractivity contribution in [3.8, 4) is 0 Å². The lowest BCUT2D eigenvalue weighted by atomic mass is 10.0. The zero-order valence-corrected chi connectivity index (χ0v) is 88.8. The number of amides is 5. The Labute approximate surface area is 829 Å². The zero-order valence-electron chi connectivity index (χ0n) is 85.6. The van der Waals surface area contributed by atoms with E-state index in [9.17, 15) is 31.2 Å². The number of likely N-dealkylation sites (tertiary alicyclic amines) is 1. The van der Waals surface area contributed by atoms with Gasteiger partial charge >= 0.3 is 12.1 Å². The number of sulfonamides is 1. The number of benzene rings is 7. The molecule has 3 N–H and O–H groups in total. The van der Waals surface area contributed by atoms with E-state index in [2.05, 4.69) is 316 Å². The summed E-state index contributed by atoms with van der Waals surface area (Å²) < 4.78 is 51.7. The van der Waals surface area contributed by atoms with Gasteiger partial charge in [0.1, 0.15) is 0 Å². The Morgan fingerprint density at radius 3 is 0.971 bits per heavy atom. The van der Waals surface area contributed by atoms with Crippen molar-refractivity contribution in [2.24, 2.45) is 5.92 Å². The van der Waals surface area contributed by atoms with Crippen LogP contribution in [-0.4, -0.2) is 291 Å². The Balaban J connectivity index is 0.000000164. The number of urea groups is 2. The lowest BCUT2D eigenvalue weighted by Crippen LogP contribution is -2.52. The second-order valence-corrected chi connectivity index (χ2v) is 44.8. The molecule has 136 heavy (non-hydrogen) atoms. The molecule has 28 heteroatoms. The lowest BCUT2D eigenvalue weighted by molar-refractivity contribution is -0.135. The van der Waals surface area contributed by atoms with Crippen molar-refractivity contribution in [3.05, 3.63) is 207 Å². The van der Waals surface area contributed by atoms with Crippen LogP contribution in [0.4, 0.5) is 49.4 Å². The first-order chi connectivity index (χ1) is 64.9. The van der Waals surface area contributed by atoms with E-state index in [1.165, 1.54) is 104 Å². The van der Waals surface area contributed by atoms with Gasteiger partial charge in [0.2, 0.25) is 15.9 Å². The summed E-state index contributed by atoms with van der Waals surface area (Å²) in [4.78, 5) is 62.8. The maximum atomic E-state index is 12.5. The number of hydrogen-bond donors (Lipinski definition) is 3. The van der Waals surface area contributed by atoms with Gasteiger partial charge in [-0.2, -0.15) is 17.0 Å².